The molecule has 2 saturated carbocycles. The van der Waals surface area contributed by atoms with Gasteiger partial charge in [-0.25, -0.2) is 0 Å². The van der Waals surface area contributed by atoms with E-state index < -0.39 is 0 Å². The SMILES string of the molecule is C[C@H]1[C@@H](NCC2CCCCC2)CC[C@@]23CCCN2C(=O)CCC[C@@H]13. The lowest BCUT2D eigenvalue weighted by Crippen LogP contribution is -2.59. The summed E-state index contributed by atoms with van der Waals surface area (Å²) in [4.78, 5) is 14.9. The highest BCUT2D eigenvalue weighted by atomic mass is 16.2. The van der Waals surface area contributed by atoms with E-state index in [1.54, 1.807) is 0 Å². The van der Waals surface area contributed by atoms with Crippen LogP contribution in [0.1, 0.15) is 84.0 Å². The van der Waals surface area contributed by atoms with Crippen molar-refractivity contribution in [2.45, 2.75) is 95.6 Å². The fraction of sp³-hybridized carbons (Fsp3) is 0.952. The van der Waals surface area contributed by atoms with Gasteiger partial charge in [-0.2, -0.15) is 0 Å². The Hall–Kier alpha value is -0.570. The summed E-state index contributed by atoms with van der Waals surface area (Å²) in [5.74, 6) is 2.81. The average Bonchev–Trinajstić information content (AvgIpc) is 2.97. The van der Waals surface area contributed by atoms with E-state index in [0.29, 0.717) is 17.9 Å². The molecule has 2 heterocycles. The number of hydrogen-bond acceptors (Lipinski definition) is 2. The van der Waals surface area contributed by atoms with Crippen LogP contribution in [0.25, 0.3) is 0 Å². The Labute approximate surface area is 147 Å². The van der Waals surface area contributed by atoms with Crippen LogP contribution in [0.5, 0.6) is 0 Å². The Bertz CT molecular complexity index is 459. The molecule has 24 heavy (non-hydrogen) atoms. The largest absolute Gasteiger partial charge is 0.337 e. The summed E-state index contributed by atoms with van der Waals surface area (Å²) >= 11 is 0. The monoisotopic (exact) mass is 332 g/mol. The summed E-state index contributed by atoms with van der Waals surface area (Å²) in [6.07, 6.45) is 15.4. The summed E-state index contributed by atoms with van der Waals surface area (Å²) in [5, 5.41) is 3.98. The topological polar surface area (TPSA) is 32.3 Å². The van der Waals surface area contributed by atoms with Crippen molar-refractivity contribution in [3.05, 3.63) is 0 Å². The Balaban J connectivity index is 1.43. The molecule has 1 amide bonds. The Morgan fingerprint density at radius 3 is 2.71 bits per heavy atom. The molecule has 3 nitrogen and oxygen atoms in total. The Kier molecular flexibility index (Phi) is 4.90. The summed E-state index contributed by atoms with van der Waals surface area (Å²) in [6, 6.07) is 0.679. The zero-order chi connectivity index (χ0) is 16.6. The fourth-order valence-electron chi connectivity index (χ4n) is 6.68. The normalized spacial score (nSPS) is 41.0. The summed E-state index contributed by atoms with van der Waals surface area (Å²) in [5.41, 5.74) is 0.232. The van der Waals surface area contributed by atoms with Crippen LogP contribution in [-0.2, 0) is 4.79 Å². The first-order chi connectivity index (χ1) is 11.7. The van der Waals surface area contributed by atoms with E-state index in [9.17, 15) is 4.79 Å². The van der Waals surface area contributed by atoms with Crippen LogP contribution in [0.15, 0.2) is 0 Å². The molecule has 0 aromatic heterocycles. The van der Waals surface area contributed by atoms with Gasteiger partial charge in [0.1, 0.15) is 0 Å². The van der Waals surface area contributed by atoms with Crippen molar-refractivity contribution in [3.8, 4) is 0 Å². The molecule has 4 aliphatic rings. The van der Waals surface area contributed by atoms with Gasteiger partial charge in [0.15, 0.2) is 0 Å². The van der Waals surface area contributed by atoms with Crippen molar-refractivity contribution in [1.82, 2.24) is 10.2 Å². The van der Waals surface area contributed by atoms with Crippen LogP contribution < -0.4 is 5.32 Å². The fourth-order valence-corrected chi connectivity index (χ4v) is 6.68. The van der Waals surface area contributed by atoms with Crippen molar-refractivity contribution in [2.24, 2.45) is 17.8 Å². The molecule has 2 aliphatic carbocycles. The van der Waals surface area contributed by atoms with E-state index in [1.165, 1.54) is 70.8 Å². The molecular weight excluding hydrogens is 296 g/mol. The van der Waals surface area contributed by atoms with Gasteiger partial charge in [-0.05, 0) is 75.7 Å². The lowest BCUT2D eigenvalue weighted by Gasteiger charge is -2.52. The molecule has 2 saturated heterocycles. The molecule has 3 heteroatoms. The summed E-state index contributed by atoms with van der Waals surface area (Å²) in [6.45, 7) is 4.75. The van der Waals surface area contributed by atoms with Crippen LogP contribution in [-0.4, -0.2) is 35.5 Å². The molecule has 0 aromatic rings. The molecule has 1 spiro atoms. The molecule has 136 valence electrons. The van der Waals surface area contributed by atoms with Crippen molar-refractivity contribution in [2.75, 3.05) is 13.1 Å². The van der Waals surface area contributed by atoms with Gasteiger partial charge in [0, 0.05) is 24.5 Å². The minimum absolute atomic E-state index is 0.232. The van der Waals surface area contributed by atoms with Gasteiger partial charge in [-0.3, -0.25) is 4.79 Å². The lowest BCUT2D eigenvalue weighted by atomic mass is 9.63. The highest BCUT2D eigenvalue weighted by Gasteiger charge is 2.54. The first kappa shape index (κ1) is 16.9. The molecule has 4 rings (SSSR count). The zero-order valence-electron chi connectivity index (χ0n) is 15.6. The lowest BCUT2D eigenvalue weighted by molar-refractivity contribution is -0.138. The first-order valence-corrected chi connectivity index (χ1v) is 10.7. The quantitative estimate of drug-likeness (QED) is 0.843. The maximum Gasteiger partial charge on any atom is 0.223 e. The smallest absolute Gasteiger partial charge is 0.223 e. The molecular formula is C21H36N2O. The highest BCUT2D eigenvalue weighted by Crippen LogP contribution is 2.51. The van der Waals surface area contributed by atoms with Gasteiger partial charge < -0.3 is 10.2 Å². The van der Waals surface area contributed by atoms with Crippen LogP contribution in [0.4, 0.5) is 0 Å². The third-order valence-corrected chi connectivity index (χ3v) is 7.98. The van der Waals surface area contributed by atoms with E-state index in [4.69, 9.17) is 0 Å². The number of nitrogens with zero attached hydrogens (tertiary/aromatic N) is 1. The highest BCUT2D eigenvalue weighted by molar-refractivity contribution is 5.78. The van der Waals surface area contributed by atoms with Crippen molar-refractivity contribution >= 4 is 5.91 Å². The van der Waals surface area contributed by atoms with Gasteiger partial charge in [0.25, 0.3) is 0 Å². The summed E-state index contributed by atoms with van der Waals surface area (Å²) in [7, 11) is 0. The number of amides is 1. The zero-order valence-corrected chi connectivity index (χ0v) is 15.6. The first-order valence-electron chi connectivity index (χ1n) is 10.7. The molecule has 0 radical (unpaired) electrons. The number of nitrogens with one attached hydrogen (secondary N) is 1. The number of carbonyl (C=O) groups is 1. The van der Waals surface area contributed by atoms with Crippen LogP contribution in [0.2, 0.25) is 0 Å². The van der Waals surface area contributed by atoms with Crippen molar-refractivity contribution < 1.29 is 4.79 Å². The van der Waals surface area contributed by atoms with Crippen molar-refractivity contribution in [1.29, 1.82) is 0 Å². The van der Waals surface area contributed by atoms with Gasteiger partial charge >= 0.3 is 0 Å². The molecule has 1 N–H and O–H groups in total. The van der Waals surface area contributed by atoms with Crippen molar-refractivity contribution in [3.63, 3.8) is 0 Å². The molecule has 4 fully saturated rings. The Morgan fingerprint density at radius 1 is 1.04 bits per heavy atom. The van der Waals surface area contributed by atoms with Gasteiger partial charge in [-0.1, -0.05) is 26.2 Å². The van der Waals surface area contributed by atoms with Crippen LogP contribution in [0, 0.1) is 17.8 Å². The van der Waals surface area contributed by atoms with E-state index in [0.717, 1.165) is 31.2 Å². The predicted molar refractivity (Wildman–Crippen MR) is 97.8 cm³/mol. The van der Waals surface area contributed by atoms with E-state index >= 15 is 0 Å². The second kappa shape index (κ2) is 6.97. The number of rotatable bonds is 3. The summed E-state index contributed by atoms with van der Waals surface area (Å²) < 4.78 is 0. The number of hydrogen-bond donors (Lipinski definition) is 1. The maximum atomic E-state index is 12.6. The van der Waals surface area contributed by atoms with Gasteiger partial charge in [0.05, 0.1) is 0 Å². The van der Waals surface area contributed by atoms with E-state index in [2.05, 4.69) is 17.1 Å². The third-order valence-electron chi connectivity index (χ3n) is 7.98. The molecule has 4 atom stereocenters. The molecule has 0 bridgehead atoms. The molecule has 0 unspecified atom stereocenters. The average molecular weight is 333 g/mol. The van der Waals surface area contributed by atoms with E-state index in [-0.39, 0.29) is 5.54 Å². The minimum atomic E-state index is 0.232. The predicted octanol–water partition coefficient (Wildman–Crippen LogP) is 4.12. The molecule has 0 aromatic carbocycles. The Morgan fingerprint density at radius 2 is 1.88 bits per heavy atom. The minimum Gasteiger partial charge on any atom is -0.337 e. The molecule has 2 aliphatic heterocycles. The second-order valence-corrected chi connectivity index (χ2v) is 9.17. The van der Waals surface area contributed by atoms with Gasteiger partial charge in [0.2, 0.25) is 5.91 Å². The second-order valence-electron chi connectivity index (χ2n) is 9.17. The number of carbonyl (C=O) groups excluding carboxylic acids is 1. The van der Waals surface area contributed by atoms with Gasteiger partial charge in [-0.15, -0.1) is 0 Å². The van der Waals surface area contributed by atoms with E-state index in [1.807, 2.05) is 0 Å². The maximum absolute atomic E-state index is 12.6. The van der Waals surface area contributed by atoms with Crippen LogP contribution in [0.3, 0.4) is 0 Å². The van der Waals surface area contributed by atoms with Crippen LogP contribution >= 0.6 is 0 Å². The third kappa shape index (κ3) is 2.91. The standard InChI is InChI=1S/C21H36N2O/c1-16-18-9-5-10-20(24)23-14-6-12-21(18,23)13-11-19(16)22-15-17-7-3-2-4-8-17/h16-19,22H,2-15H2,1H3/t16-,18+,19+,21-/m1/s1.